The SMILES string of the molecule is Cn1c(C(=O)Nc2cc(F)c(CC(=O)O)cc2F)cc2ccccc21. The van der Waals surface area contributed by atoms with Crippen molar-refractivity contribution >= 4 is 28.5 Å². The molecule has 0 aliphatic carbocycles. The zero-order valence-electron chi connectivity index (χ0n) is 13.2. The van der Waals surface area contributed by atoms with E-state index < -0.39 is 29.9 Å². The molecule has 1 aromatic heterocycles. The quantitative estimate of drug-likeness (QED) is 0.763. The second kappa shape index (κ2) is 6.35. The molecule has 1 heterocycles. The summed E-state index contributed by atoms with van der Waals surface area (Å²) in [5, 5.41) is 11.9. The minimum Gasteiger partial charge on any atom is -0.481 e. The van der Waals surface area contributed by atoms with Gasteiger partial charge in [0.2, 0.25) is 0 Å². The molecular formula is C18H14F2N2O3. The maximum Gasteiger partial charge on any atom is 0.307 e. The van der Waals surface area contributed by atoms with Crippen LogP contribution in [0.4, 0.5) is 14.5 Å². The lowest BCUT2D eigenvalue weighted by Gasteiger charge is -2.09. The predicted molar refractivity (Wildman–Crippen MR) is 88.6 cm³/mol. The third-order valence-electron chi connectivity index (χ3n) is 3.91. The molecule has 7 heteroatoms. The highest BCUT2D eigenvalue weighted by molar-refractivity contribution is 6.06. The number of aryl methyl sites for hydroxylation is 1. The minimum atomic E-state index is -1.27. The molecule has 3 rings (SSSR count). The largest absolute Gasteiger partial charge is 0.481 e. The number of hydrogen-bond acceptors (Lipinski definition) is 2. The first-order chi connectivity index (χ1) is 11.9. The zero-order chi connectivity index (χ0) is 18.1. The highest BCUT2D eigenvalue weighted by Gasteiger charge is 2.17. The van der Waals surface area contributed by atoms with Crippen LogP contribution >= 0.6 is 0 Å². The van der Waals surface area contributed by atoms with Crippen LogP contribution in [-0.4, -0.2) is 21.6 Å². The van der Waals surface area contributed by atoms with Crippen molar-refractivity contribution in [2.45, 2.75) is 6.42 Å². The number of benzene rings is 2. The van der Waals surface area contributed by atoms with Crippen LogP contribution in [0.25, 0.3) is 10.9 Å². The van der Waals surface area contributed by atoms with Crippen molar-refractivity contribution in [3.05, 3.63) is 65.4 Å². The molecule has 0 saturated carbocycles. The lowest BCUT2D eigenvalue weighted by Crippen LogP contribution is -2.17. The fraction of sp³-hybridized carbons (Fsp3) is 0.111. The molecule has 128 valence electrons. The lowest BCUT2D eigenvalue weighted by atomic mass is 10.1. The van der Waals surface area contributed by atoms with Gasteiger partial charge >= 0.3 is 5.97 Å². The molecule has 0 fully saturated rings. The summed E-state index contributed by atoms with van der Waals surface area (Å²) in [6.07, 6.45) is -0.639. The molecule has 0 saturated heterocycles. The van der Waals surface area contributed by atoms with E-state index in [2.05, 4.69) is 5.32 Å². The summed E-state index contributed by atoms with van der Waals surface area (Å²) < 4.78 is 29.6. The summed E-state index contributed by atoms with van der Waals surface area (Å²) in [5.41, 5.74) is 0.487. The molecule has 0 bridgehead atoms. The standard InChI is InChI=1S/C18H14F2N2O3/c1-22-15-5-3-2-4-10(15)7-16(22)18(25)21-14-9-12(19)11(6-13(14)20)8-17(23)24/h2-7,9H,8H2,1H3,(H,21,25)(H,23,24). The number of carboxylic acids is 1. The highest BCUT2D eigenvalue weighted by Crippen LogP contribution is 2.23. The average Bonchev–Trinajstić information content (AvgIpc) is 2.89. The van der Waals surface area contributed by atoms with Crippen molar-refractivity contribution in [2.75, 3.05) is 5.32 Å². The number of rotatable bonds is 4. The number of aromatic nitrogens is 1. The van der Waals surface area contributed by atoms with Crippen LogP contribution in [0, 0.1) is 11.6 Å². The van der Waals surface area contributed by atoms with E-state index in [1.165, 1.54) is 0 Å². The van der Waals surface area contributed by atoms with Crippen molar-refractivity contribution in [3.63, 3.8) is 0 Å². The van der Waals surface area contributed by atoms with Crippen LogP contribution in [0.15, 0.2) is 42.5 Å². The summed E-state index contributed by atoms with van der Waals surface area (Å²) in [6, 6.07) is 10.6. The molecule has 0 spiro atoms. The number of anilines is 1. The molecule has 0 atom stereocenters. The van der Waals surface area contributed by atoms with E-state index in [4.69, 9.17) is 5.11 Å². The summed E-state index contributed by atoms with van der Waals surface area (Å²) in [4.78, 5) is 23.1. The number of amides is 1. The Balaban J connectivity index is 1.91. The van der Waals surface area contributed by atoms with E-state index in [0.717, 1.165) is 23.0 Å². The Kier molecular flexibility index (Phi) is 4.22. The van der Waals surface area contributed by atoms with Crippen LogP contribution in [-0.2, 0) is 18.3 Å². The summed E-state index contributed by atoms with van der Waals surface area (Å²) in [6.45, 7) is 0. The first-order valence-electron chi connectivity index (χ1n) is 7.42. The Morgan fingerprint density at radius 1 is 1.12 bits per heavy atom. The van der Waals surface area contributed by atoms with Gasteiger partial charge in [-0.25, -0.2) is 8.78 Å². The third-order valence-corrected chi connectivity index (χ3v) is 3.91. The number of aliphatic carboxylic acids is 1. The Hall–Kier alpha value is -3.22. The van der Waals surface area contributed by atoms with Crippen LogP contribution in [0.2, 0.25) is 0 Å². The van der Waals surface area contributed by atoms with Gasteiger partial charge in [0.1, 0.15) is 17.3 Å². The summed E-state index contributed by atoms with van der Waals surface area (Å²) in [5.74, 6) is -3.66. The Labute approximate surface area is 141 Å². The van der Waals surface area contributed by atoms with Crippen molar-refractivity contribution in [1.82, 2.24) is 4.57 Å². The first kappa shape index (κ1) is 16.6. The minimum absolute atomic E-state index is 0.285. The molecule has 1 amide bonds. The monoisotopic (exact) mass is 344 g/mol. The van der Waals surface area contributed by atoms with Gasteiger partial charge in [-0.1, -0.05) is 18.2 Å². The van der Waals surface area contributed by atoms with E-state index in [1.54, 1.807) is 17.7 Å². The van der Waals surface area contributed by atoms with Crippen LogP contribution in [0.3, 0.4) is 0 Å². The van der Waals surface area contributed by atoms with Gasteiger partial charge in [-0.05, 0) is 18.2 Å². The van der Waals surface area contributed by atoms with Gasteiger partial charge < -0.3 is 15.0 Å². The second-order valence-electron chi connectivity index (χ2n) is 5.60. The van der Waals surface area contributed by atoms with Gasteiger partial charge in [-0.3, -0.25) is 9.59 Å². The van der Waals surface area contributed by atoms with Gasteiger partial charge in [0, 0.05) is 29.6 Å². The maximum atomic E-state index is 14.1. The third kappa shape index (κ3) is 3.21. The molecule has 2 N–H and O–H groups in total. The number of nitrogens with zero attached hydrogens (tertiary/aromatic N) is 1. The number of carboxylic acid groups (broad SMARTS) is 1. The number of nitrogens with one attached hydrogen (secondary N) is 1. The van der Waals surface area contributed by atoms with E-state index in [0.29, 0.717) is 0 Å². The van der Waals surface area contributed by atoms with Crippen molar-refractivity contribution in [3.8, 4) is 0 Å². The van der Waals surface area contributed by atoms with Crippen LogP contribution in [0.1, 0.15) is 16.1 Å². The molecule has 2 aromatic carbocycles. The Bertz CT molecular complexity index is 995. The number of fused-ring (bicyclic) bond motifs is 1. The summed E-state index contributed by atoms with van der Waals surface area (Å²) >= 11 is 0. The van der Waals surface area contributed by atoms with Crippen molar-refractivity contribution < 1.29 is 23.5 Å². The topological polar surface area (TPSA) is 71.3 Å². The van der Waals surface area contributed by atoms with Gasteiger partial charge in [0.25, 0.3) is 5.91 Å². The Morgan fingerprint density at radius 3 is 2.52 bits per heavy atom. The predicted octanol–water partition coefficient (Wildman–Crippen LogP) is 3.34. The molecule has 0 aliphatic heterocycles. The van der Waals surface area contributed by atoms with E-state index in [-0.39, 0.29) is 16.9 Å². The smallest absolute Gasteiger partial charge is 0.307 e. The zero-order valence-corrected chi connectivity index (χ0v) is 13.2. The van der Waals surface area contributed by atoms with Gasteiger partial charge in [-0.2, -0.15) is 0 Å². The first-order valence-corrected chi connectivity index (χ1v) is 7.42. The van der Waals surface area contributed by atoms with Gasteiger partial charge in [-0.15, -0.1) is 0 Å². The number of halogens is 2. The van der Waals surface area contributed by atoms with E-state index >= 15 is 0 Å². The lowest BCUT2D eigenvalue weighted by molar-refractivity contribution is -0.136. The summed E-state index contributed by atoms with van der Waals surface area (Å²) in [7, 11) is 1.70. The highest BCUT2D eigenvalue weighted by atomic mass is 19.1. The second-order valence-corrected chi connectivity index (χ2v) is 5.60. The maximum absolute atomic E-state index is 14.1. The number of para-hydroxylation sites is 1. The number of hydrogen-bond donors (Lipinski definition) is 2. The molecule has 0 radical (unpaired) electrons. The van der Waals surface area contributed by atoms with Crippen molar-refractivity contribution in [1.29, 1.82) is 0 Å². The molecule has 5 nitrogen and oxygen atoms in total. The van der Waals surface area contributed by atoms with Crippen molar-refractivity contribution in [2.24, 2.45) is 7.05 Å². The van der Waals surface area contributed by atoms with Crippen LogP contribution < -0.4 is 5.32 Å². The van der Waals surface area contributed by atoms with E-state index in [9.17, 15) is 18.4 Å². The number of carbonyl (C=O) groups excluding carboxylic acids is 1. The van der Waals surface area contributed by atoms with E-state index in [1.807, 2.05) is 24.3 Å². The van der Waals surface area contributed by atoms with Crippen LogP contribution in [0.5, 0.6) is 0 Å². The number of carbonyl (C=O) groups is 2. The average molecular weight is 344 g/mol. The van der Waals surface area contributed by atoms with Gasteiger partial charge in [0.15, 0.2) is 0 Å². The fourth-order valence-corrected chi connectivity index (χ4v) is 2.68. The normalized spacial score (nSPS) is 10.8. The molecule has 3 aromatic rings. The molecule has 0 aliphatic rings. The molecular weight excluding hydrogens is 330 g/mol. The Morgan fingerprint density at radius 2 is 1.84 bits per heavy atom. The fourth-order valence-electron chi connectivity index (χ4n) is 2.68. The molecule has 0 unspecified atom stereocenters. The molecule has 25 heavy (non-hydrogen) atoms. The van der Waals surface area contributed by atoms with Gasteiger partial charge in [0.05, 0.1) is 12.1 Å².